The smallest absolute Gasteiger partial charge is 0.225 e. The van der Waals surface area contributed by atoms with Crippen molar-refractivity contribution in [2.45, 2.75) is 6.54 Å². The Labute approximate surface area is 141 Å². The minimum Gasteiger partial charge on any atom is -0.497 e. The predicted molar refractivity (Wildman–Crippen MR) is 92.0 cm³/mol. The molecule has 0 radical (unpaired) electrons. The van der Waals surface area contributed by atoms with Gasteiger partial charge in [-0.3, -0.25) is 0 Å². The van der Waals surface area contributed by atoms with E-state index in [0.29, 0.717) is 18.0 Å². The number of nitrogens with zero attached hydrogens (tertiary/aromatic N) is 4. The molecule has 0 bridgehead atoms. The highest BCUT2D eigenvalue weighted by molar-refractivity contribution is 5.50. The molecule has 0 spiro atoms. The van der Waals surface area contributed by atoms with Gasteiger partial charge in [0.25, 0.3) is 0 Å². The third-order valence-electron chi connectivity index (χ3n) is 4.13. The number of piperazine rings is 1. The lowest BCUT2D eigenvalue weighted by Gasteiger charge is -2.32. The number of ether oxygens (including phenoxy) is 1. The van der Waals surface area contributed by atoms with Crippen LogP contribution >= 0.6 is 0 Å². The summed E-state index contributed by atoms with van der Waals surface area (Å²) in [6.07, 6.45) is 3.57. The molecule has 1 saturated heterocycles. The van der Waals surface area contributed by atoms with E-state index < -0.39 is 0 Å². The molecular formula is C17H22FN5O. The zero-order valence-corrected chi connectivity index (χ0v) is 14.0. The monoisotopic (exact) mass is 331 g/mol. The van der Waals surface area contributed by atoms with Crippen LogP contribution in [0.5, 0.6) is 5.75 Å². The summed E-state index contributed by atoms with van der Waals surface area (Å²) in [7, 11) is 3.67. The highest BCUT2D eigenvalue weighted by Crippen LogP contribution is 2.21. The first kappa shape index (κ1) is 16.4. The maximum Gasteiger partial charge on any atom is 0.225 e. The van der Waals surface area contributed by atoms with E-state index in [4.69, 9.17) is 4.74 Å². The van der Waals surface area contributed by atoms with Gasteiger partial charge >= 0.3 is 0 Å². The van der Waals surface area contributed by atoms with E-state index in [1.807, 2.05) is 0 Å². The van der Waals surface area contributed by atoms with Crippen LogP contribution in [0.1, 0.15) is 5.56 Å². The van der Waals surface area contributed by atoms with Crippen molar-refractivity contribution in [2.75, 3.05) is 50.6 Å². The molecule has 0 saturated carbocycles. The summed E-state index contributed by atoms with van der Waals surface area (Å²) in [5, 5.41) is 3.05. The summed E-state index contributed by atoms with van der Waals surface area (Å²) in [6.45, 7) is 4.35. The quantitative estimate of drug-likeness (QED) is 0.904. The fourth-order valence-electron chi connectivity index (χ4n) is 2.57. The van der Waals surface area contributed by atoms with E-state index in [9.17, 15) is 4.39 Å². The molecule has 1 fully saturated rings. The highest BCUT2D eigenvalue weighted by atomic mass is 19.1. The lowest BCUT2D eigenvalue weighted by atomic mass is 10.2. The fourth-order valence-corrected chi connectivity index (χ4v) is 2.57. The van der Waals surface area contributed by atoms with Crippen molar-refractivity contribution in [3.05, 3.63) is 42.0 Å². The van der Waals surface area contributed by atoms with Crippen molar-refractivity contribution in [3.63, 3.8) is 0 Å². The highest BCUT2D eigenvalue weighted by Gasteiger charge is 2.16. The lowest BCUT2D eigenvalue weighted by molar-refractivity contribution is 0.311. The molecule has 1 aromatic heterocycles. The third kappa shape index (κ3) is 3.91. The van der Waals surface area contributed by atoms with Crippen LogP contribution in [0, 0.1) is 5.82 Å². The second-order valence-electron chi connectivity index (χ2n) is 5.88. The van der Waals surface area contributed by atoms with Gasteiger partial charge in [-0.15, -0.1) is 0 Å². The summed E-state index contributed by atoms with van der Waals surface area (Å²) in [5.74, 6) is 1.05. The van der Waals surface area contributed by atoms with Crippen LogP contribution in [-0.2, 0) is 6.54 Å². The van der Waals surface area contributed by atoms with E-state index in [1.165, 1.54) is 6.07 Å². The maximum atomic E-state index is 13.8. The van der Waals surface area contributed by atoms with Crippen LogP contribution in [0.15, 0.2) is 30.6 Å². The molecule has 1 aromatic carbocycles. The van der Waals surface area contributed by atoms with Gasteiger partial charge in [0.1, 0.15) is 11.6 Å². The summed E-state index contributed by atoms with van der Waals surface area (Å²) in [4.78, 5) is 13.3. The van der Waals surface area contributed by atoms with Crippen molar-refractivity contribution in [1.29, 1.82) is 0 Å². The average molecular weight is 331 g/mol. The average Bonchev–Trinajstić information content (AvgIpc) is 2.62. The second kappa shape index (κ2) is 7.44. The van der Waals surface area contributed by atoms with E-state index in [-0.39, 0.29) is 5.82 Å². The molecule has 6 nitrogen and oxygen atoms in total. The van der Waals surface area contributed by atoms with Crippen LogP contribution in [0.3, 0.4) is 0 Å². The topological polar surface area (TPSA) is 53.5 Å². The van der Waals surface area contributed by atoms with Gasteiger partial charge in [-0.25, -0.2) is 14.4 Å². The molecule has 2 heterocycles. The zero-order chi connectivity index (χ0) is 16.9. The molecule has 3 rings (SSSR count). The number of anilines is 2. The Bertz CT molecular complexity index is 671. The number of benzene rings is 1. The minimum absolute atomic E-state index is 0.314. The molecule has 128 valence electrons. The number of nitrogens with one attached hydrogen (secondary N) is 1. The molecule has 7 heteroatoms. The molecule has 1 aliphatic heterocycles. The number of rotatable bonds is 5. The number of hydrogen-bond acceptors (Lipinski definition) is 6. The molecule has 1 N–H and O–H groups in total. The van der Waals surface area contributed by atoms with Gasteiger partial charge in [0, 0.05) is 56.7 Å². The van der Waals surface area contributed by atoms with Crippen LogP contribution < -0.4 is 15.0 Å². The molecule has 0 atom stereocenters. The maximum absolute atomic E-state index is 13.8. The van der Waals surface area contributed by atoms with Crippen molar-refractivity contribution in [3.8, 4) is 5.75 Å². The van der Waals surface area contributed by atoms with Crippen molar-refractivity contribution >= 4 is 11.6 Å². The van der Waals surface area contributed by atoms with Crippen LogP contribution in [-0.4, -0.2) is 55.2 Å². The first-order valence-electron chi connectivity index (χ1n) is 7.97. The van der Waals surface area contributed by atoms with Crippen molar-refractivity contribution in [1.82, 2.24) is 14.9 Å². The van der Waals surface area contributed by atoms with Gasteiger partial charge in [-0.1, -0.05) is 0 Å². The van der Waals surface area contributed by atoms with E-state index >= 15 is 0 Å². The lowest BCUT2D eigenvalue weighted by Crippen LogP contribution is -2.45. The molecule has 0 amide bonds. The Hall–Kier alpha value is -2.41. The summed E-state index contributed by atoms with van der Waals surface area (Å²) in [6, 6.07) is 4.61. The molecule has 0 unspecified atom stereocenters. The molecule has 0 aliphatic carbocycles. The van der Waals surface area contributed by atoms with Crippen LogP contribution in [0.25, 0.3) is 0 Å². The normalized spacial score (nSPS) is 15.4. The van der Waals surface area contributed by atoms with Gasteiger partial charge < -0.3 is 19.9 Å². The van der Waals surface area contributed by atoms with Gasteiger partial charge in [0.15, 0.2) is 0 Å². The van der Waals surface area contributed by atoms with Gasteiger partial charge in [-0.05, 0) is 19.2 Å². The van der Waals surface area contributed by atoms with Gasteiger partial charge in [0.05, 0.1) is 12.8 Å². The number of hydrogen-bond donors (Lipinski definition) is 1. The Kier molecular flexibility index (Phi) is 5.10. The van der Waals surface area contributed by atoms with Crippen molar-refractivity contribution in [2.24, 2.45) is 0 Å². The van der Waals surface area contributed by atoms with E-state index in [2.05, 4.69) is 32.1 Å². The second-order valence-corrected chi connectivity index (χ2v) is 5.88. The van der Waals surface area contributed by atoms with E-state index in [1.54, 1.807) is 31.6 Å². The summed E-state index contributed by atoms with van der Waals surface area (Å²) < 4.78 is 18.9. The van der Waals surface area contributed by atoms with E-state index in [0.717, 1.165) is 37.7 Å². The SMILES string of the molecule is COc1ccc(F)c(NCc2cnc(N3CCN(C)CC3)nc2)c1. The standard InChI is InChI=1S/C17H22FN5O/c1-22-5-7-23(8-6-22)17-20-11-13(12-21-17)10-19-16-9-14(24-2)3-4-15(16)18/h3-4,9,11-12,19H,5-8,10H2,1-2H3. The molecule has 24 heavy (non-hydrogen) atoms. The third-order valence-corrected chi connectivity index (χ3v) is 4.13. The molecule has 1 aliphatic rings. The number of halogens is 1. The Morgan fingerprint density at radius 1 is 1.17 bits per heavy atom. The summed E-state index contributed by atoms with van der Waals surface area (Å²) in [5.41, 5.74) is 1.30. The van der Waals surface area contributed by atoms with Gasteiger partial charge in [0.2, 0.25) is 5.95 Å². The van der Waals surface area contributed by atoms with Crippen LogP contribution in [0.4, 0.5) is 16.0 Å². The first-order chi connectivity index (χ1) is 11.7. The Morgan fingerprint density at radius 3 is 2.54 bits per heavy atom. The first-order valence-corrected chi connectivity index (χ1v) is 7.97. The van der Waals surface area contributed by atoms with Gasteiger partial charge in [-0.2, -0.15) is 0 Å². The zero-order valence-electron chi connectivity index (χ0n) is 14.0. The minimum atomic E-state index is -0.314. The van der Waals surface area contributed by atoms with Crippen molar-refractivity contribution < 1.29 is 9.13 Å². The molecule has 2 aromatic rings. The number of methoxy groups -OCH3 is 1. The Morgan fingerprint density at radius 2 is 1.88 bits per heavy atom. The van der Waals surface area contributed by atoms with Crippen LogP contribution in [0.2, 0.25) is 0 Å². The summed E-state index contributed by atoms with van der Waals surface area (Å²) >= 11 is 0. The number of aromatic nitrogens is 2. The fraction of sp³-hybridized carbons (Fsp3) is 0.412. The molecular weight excluding hydrogens is 309 g/mol. The Balaban J connectivity index is 1.60. The number of likely N-dealkylation sites (N-methyl/N-ethyl adjacent to an activating group) is 1. The predicted octanol–water partition coefficient (Wildman–Crippen LogP) is 1.99. The largest absolute Gasteiger partial charge is 0.497 e.